The van der Waals surface area contributed by atoms with E-state index in [4.69, 9.17) is 9.99 Å². The van der Waals surface area contributed by atoms with Crippen molar-refractivity contribution >= 4 is 18.0 Å². The fraction of sp³-hybridized carbons (Fsp3) is 0.833. The van der Waals surface area contributed by atoms with Crippen molar-refractivity contribution in [2.24, 2.45) is 0 Å². The Kier molecular flexibility index (Phi) is 5.23. The minimum atomic E-state index is -0.450. The van der Waals surface area contributed by atoms with E-state index in [0.29, 0.717) is 0 Å². The second-order valence-electron chi connectivity index (χ2n) is 2.77. The summed E-state index contributed by atoms with van der Waals surface area (Å²) in [6.07, 6.45) is 0. The van der Waals surface area contributed by atoms with Crippen LogP contribution in [0.4, 0.5) is 0 Å². The second kappa shape index (κ2) is 5.36. The van der Waals surface area contributed by atoms with Gasteiger partial charge >= 0.3 is 5.97 Å². The van der Waals surface area contributed by atoms with Gasteiger partial charge in [-0.3, -0.25) is 4.79 Å². The minimum absolute atomic E-state index is 0.191. The van der Waals surface area contributed by atoms with Crippen LogP contribution in [0.3, 0.4) is 0 Å². The van der Waals surface area contributed by atoms with Crippen molar-refractivity contribution in [3.05, 3.63) is 0 Å². The zero-order valence-electron chi connectivity index (χ0n) is 7.20. The molecule has 5 nitrogen and oxygen atoms in total. The lowest BCUT2D eigenvalue weighted by atomic mass is 10.2. The number of carbonyl (C=O) groups excluding carboxylic acids is 1. The third kappa shape index (κ3) is 6.41. The second-order valence-corrected chi connectivity index (χ2v) is 4.17. The highest BCUT2D eigenvalue weighted by atomic mass is 32.2. The molecule has 0 saturated heterocycles. The van der Waals surface area contributed by atoms with Gasteiger partial charge < -0.3 is 4.74 Å². The molecule has 0 aromatic carbocycles. The van der Waals surface area contributed by atoms with Gasteiger partial charge in [-0.1, -0.05) is 5.04 Å². The van der Waals surface area contributed by atoms with E-state index in [2.05, 4.69) is 9.37 Å². The predicted octanol–water partition coefficient (Wildman–Crippen LogP) is 1.40. The van der Waals surface area contributed by atoms with E-state index < -0.39 is 4.75 Å². The summed E-state index contributed by atoms with van der Waals surface area (Å²) in [5.74, 6) is -0.353. The highest BCUT2D eigenvalue weighted by molar-refractivity contribution is 7.95. The average molecular weight is 196 g/mol. The van der Waals surface area contributed by atoms with Crippen LogP contribution in [0.2, 0.25) is 0 Å². The summed E-state index contributed by atoms with van der Waals surface area (Å²) in [4.78, 5) is 10.4. The lowest BCUT2D eigenvalue weighted by molar-refractivity contribution is -0.432. The molecule has 0 bridgehead atoms. The standard InChI is InChI=1S/C6H12O5S/c1-5(7)9-4-6(2,3)12-11-10-8/h8H,4H2,1-3H3. The monoisotopic (exact) mass is 196 g/mol. The fourth-order valence-corrected chi connectivity index (χ4v) is 0.728. The summed E-state index contributed by atoms with van der Waals surface area (Å²) in [5, 5.41) is 11.3. The van der Waals surface area contributed by atoms with Gasteiger partial charge in [-0.15, -0.1) is 4.33 Å². The van der Waals surface area contributed by atoms with Gasteiger partial charge in [-0.05, 0) is 13.8 Å². The van der Waals surface area contributed by atoms with E-state index >= 15 is 0 Å². The van der Waals surface area contributed by atoms with Crippen LogP contribution in [0.15, 0.2) is 0 Å². The molecule has 72 valence electrons. The summed E-state index contributed by atoms with van der Waals surface area (Å²) in [7, 11) is 0. The van der Waals surface area contributed by atoms with Crippen molar-refractivity contribution < 1.29 is 24.2 Å². The van der Waals surface area contributed by atoms with E-state index in [-0.39, 0.29) is 12.6 Å². The molecule has 0 aromatic heterocycles. The normalized spacial score (nSPS) is 11.3. The van der Waals surface area contributed by atoms with Crippen LogP contribution in [0.25, 0.3) is 0 Å². The topological polar surface area (TPSA) is 65.0 Å². The van der Waals surface area contributed by atoms with E-state index in [9.17, 15) is 4.79 Å². The summed E-state index contributed by atoms with van der Waals surface area (Å²) in [6, 6.07) is 0. The molecule has 6 heteroatoms. The molecule has 0 radical (unpaired) electrons. The van der Waals surface area contributed by atoms with Crippen molar-refractivity contribution in [2.75, 3.05) is 6.61 Å². The van der Waals surface area contributed by atoms with E-state index in [0.717, 1.165) is 12.0 Å². The Morgan fingerprint density at radius 2 is 2.17 bits per heavy atom. The number of rotatable bonds is 5. The molecular formula is C6H12O5S. The predicted molar refractivity (Wildman–Crippen MR) is 43.1 cm³/mol. The maximum atomic E-state index is 10.4. The Morgan fingerprint density at radius 3 is 2.58 bits per heavy atom. The minimum Gasteiger partial charge on any atom is -0.464 e. The lowest BCUT2D eigenvalue weighted by Crippen LogP contribution is -2.24. The molecule has 0 heterocycles. The molecule has 0 saturated carbocycles. The van der Waals surface area contributed by atoms with E-state index in [1.54, 1.807) is 13.8 Å². The first-order valence-electron chi connectivity index (χ1n) is 3.27. The van der Waals surface area contributed by atoms with Crippen molar-refractivity contribution in [2.45, 2.75) is 25.5 Å². The molecule has 0 aliphatic rings. The van der Waals surface area contributed by atoms with Gasteiger partial charge in [0.15, 0.2) is 0 Å². The SMILES string of the molecule is CC(=O)OCC(C)(C)SOOO. The molecule has 0 spiro atoms. The van der Waals surface area contributed by atoms with Gasteiger partial charge in [0.2, 0.25) is 0 Å². The average Bonchev–Trinajstić information content (AvgIpc) is 1.98. The van der Waals surface area contributed by atoms with Gasteiger partial charge in [0.05, 0.1) is 4.75 Å². The van der Waals surface area contributed by atoms with Crippen molar-refractivity contribution in [3.63, 3.8) is 0 Å². The number of esters is 1. The first-order valence-corrected chi connectivity index (χ1v) is 4.01. The fourth-order valence-electron chi connectivity index (χ4n) is 0.407. The molecule has 0 aromatic rings. The van der Waals surface area contributed by atoms with E-state index in [1.165, 1.54) is 6.92 Å². The number of hydrogen-bond acceptors (Lipinski definition) is 6. The Morgan fingerprint density at radius 1 is 1.58 bits per heavy atom. The molecule has 0 amide bonds. The van der Waals surface area contributed by atoms with Crippen LogP contribution in [-0.4, -0.2) is 22.6 Å². The third-order valence-corrected chi connectivity index (χ3v) is 1.61. The van der Waals surface area contributed by atoms with Crippen molar-refractivity contribution in [3.8, 4) is 0 Å². The zero-order chi connectivity index (χ0) is 9.61. The Balaban J connectivity index is 3.63. The van der Waals surface area contributed by atoms with Crippen molar-refractivity contribution in [1.29, 1.82) is 0 Å². The third-order valence-electron chi connectivity index (χ3n) is 0.913. The number of hydrogen-bond donors (Lipinski definition) is 1. The van der Waals surface area contributed by atoms with Crippen LogP contribution in [0.1, 0.15) is 20.8 Å². The van der Waals surface area contributed by atoms with Gasteiger partial charge in [-0.25, -0.2) is 5.26 Å². The maximum absolute atomic E-state index is 10.4. The van der Waals surface area contributed by atoms with Gasteiger partial charge in [-0.2, -0.15) is 0 Å². The smallest absolute Gasteiger partial charge is 0.302 e. The first-order chi connectivity index (χ1) is 5.48. The quantitative estimate of drug-likeness (QED) is 0.310. The molecule has 0 unspecified atom stereocenters. The number of ether oxygens (including phenoxy) is 1. The maximum Gasteiger partial charge on any atom is 0.302 e. The van der Waals surface area contributed by atoms with Crippen LogP contribution < -0.4 is 0 Å². The first kappa shape index (κ1) is 11.7. The molecule has 0 aliphatic heterocycles. The highest BCUT2D eigenvalue weighted by Gasteiger charge is 2.22. The molecule has 0 aliphatic carbocycles. The largest absolute Gasteiger partial charge is 0.464 e. The summed E-state index contributed by atoms with van der Waals surface area (Å²) in [5.41, 5.74) is 0. The van der Waals surface area contributed by atoms with E-state index in [1.807, 2.05) is 0 Å². The molecule has 0 fully saturated rings. The molecule has 0 atom stereocenters. The van der Waals surface area contributed by atoms with Gasteiger partial charge in [0, 0.05) is 19.0 Å². The summed E-state index contributed by atoms with van der Waals surface area (Å²) >= 11 is 0.871. The Bertz CT molecular complexity index is 147. The van der Waals surface area contributed by atoms with Gasteiger partial charge in [0.1, 0.15) is 6.61 Å². The summed E-state index contributed by atoms with van der Waals surface area (Å²) in [6.45, 7) is 5.07. The molecule has 12 heavy (non-hydrogen) atoms. The van der Waals surface area contributed by atoms with Crippen molar-refractivity contribution in [1.82, 2.24) is 0 Å². The highest BCUT2D eigenvalue weighted by Crippen LogP contribution is 2.25. The van der Waals surface area contributed by atoms with Crippen LogP contribution in [0.5, 0.6) is 0 Å². The Hall–Kier alpha value is -0.300. The number of carbonyl (C=O) groups is 1. The van der Waals surface area contributed by atoms with Crippen LogP contribution in [0, 0.1) is 0 Å². The molecule has 1 N–H and O–H groups in total. The van der Waals surface area contributed by atoms with Crippen LogP contribution in [-0.2, 0) is 18.9 Å². The molecule has 0 rings (SSSR count). The summed E-state index contributed by atoms with van der Waals surface area (Å²) < 4.78 is 8.49. The zero-order valence-corrected chi connectivity index (χ0v) is 8.01. The molecular weight excluding hydrogens is 184 g/mol. The Labute approximate surface area is 75.1 Å². The van der Waals surface area contributed by atoms with Gasteiger partial charge in [0.25, 0.3) is 0 Å². The lowest BCUT2D eigenvalue weighted by Gasteiger charge is -2.19. The van der Waals surface area contributed by atoms with Crippen LogP contribution >= 0.6 is 12.0 Å².